The van der Waals surface area contributed by atoms with Crippen LogP contribution in [0.15, 0.2) is 18.5 Å². The molecule has 0 saturated carbocycles. The molecule has 0 amide bonds. The van der Waals surface area contributed by atoms with Crippen molar-refractivity contribution < 1.29 is 9.47 Å². The zero-order valence-electron chi connectivity index (χ0n) is 8.56. The highest BCUT2D eigenvalue weighted by Crippen LogP contribution is 2.17. The lowest BCUT2D eigenvalue weighted by Crippen LogP contribution is -2.19. The van der Waals surface area contributed by atoms with Crippen LogP contribution in [0.1, 0.15) is 12.5 Å². The summed E-state index contributed by atoms with van der Waals surface area (Å²) in [6, 6.07) is 1.81. The van der Waals surface area contributed by atoms with E-state index in [2.05, 4.69) is 4.98 Å². The fraction of sp³-hybridized carbons (Fsp3) is 0.500. The van der Waals surface area contributed by atoms with Crippen molar-refractivity contribution in [2.24, 2.45) is 5.73 Å². The molecule has 4 nitrogen and oxygen atoms in total. The van der Waals surface area contributed by atoms with E-state index in [-0.39, 0.29) is 6.10 Å². The molecule has 1 unspecified atom stereocenters. The molecule has 0 aromatic carbocycles. The van der Waals surface area contributed by atoms with E-state index in [9.17, 15) is 0 Å². The lowest BCUT2D eigenvalue weighted by molar-refractivity contribution is 0.0913. The van der Waals surface area contributed by atoms with E-state index in [1.165, 1.54) is 0 Å². The molecule has 1 heterocycles. The van der Waals surface area contributed by atoms with Crippen molar-refractivity contribution in [1.29, 1.82) is 0 Å². The van der Waals surface area contributed by atoms with Crippen molar-refractivity contribution in [3.8, 4) is 5.75 Å². The second kappa shape index (κ2) is 5.57. The molecule has 0 radical (unpaired) electrons. The molecular formula is C10H16N2O2. The average molecular weight is 196 g/mol. The fourth-order valence-electron chi connectivity index (χ4n) is 1.17. The maximum atomic E-state index is 5.63. The summed E-state index contributed by atoms with van der Waals surface area (Å²) in [7, 11) is 1.65. The van der Waals surface area contributed by atoms with E-state index < -0.39 is 0 Å². The number of nitrogens with two attached hydrogens (primary N) is 1. The first-order valence-corrected chi connectivity index (χ1v) is 4.56. The summed E-state index contributed by atoms with van der Waals surface area (Å²) in [6.45, 7) is 2.94. The molecule has 2 N–H and O–H groups in total. The Morgan fingerprint density at radius 3 is 3.00 bits per heavy atom. The van der Waals surface area contributed by atoms with Crippen LogP contribution in [0.5, 0.6) is 5.75 Å². The average Bonchev–Trinajstić information content (AvgIpc) is 2.19. The Hall–Kier alpha value is -1.13. The SMILES string of the molecule is COCC(C)Oc1ccncc1CN. The van der Waals surface area contributed by atoms with E-state index in [4.69, 9.17) is 15.2 Å². The molecule has 0 spiro atoms. The Morgan fingerprint density at radius 1 is 1.57 bits per heavy atom. The number of nitrogens with zero attached hydrogens (tertiary/aromatic N) is 1. The highest BCUT2D eigenvalue weighted by molar-refractivity contribution is 5.29. The molecule has 1 atom stereocenters. The summed E-state index contributed by atoms with van der Waals surface area (Å²) >= 11 is 0. The minimum absolute atomic E-state index is 0.0210. The van der Waals surface area contributed by atoms with Crippen LogP contribution >= 0.6 is 0 Å². The van der Waals surface area contributed by atoms with Crippen LogP contribution in [0.25, 0.3) is 0 Å². The first-order valence-electron chi connectivity index (χ1n) is 4.56. The summed E-state index contributed by atoms with van der Waals surface area (Å²) in [5.41, 5.74) is 6.46. The maximum Gasteiger partial charge on any atom is 0.127 e. The second-order valence-corrected chi connectivity index (χ2v) is 3.07. The molecule has 78 valence electrons. The van der Waals surface area contributed by atoms with Crippen LogP contribution in [0.4, 0.5) is 0 Å². The van der Waals surface area contributed by atoms with Crippen LogP contribution in [-0.2, 0) is 11.3 Å². The number of pyridine rings is 1. The summed E-state index contributed by atoms with van der Waals surface area (Å²) in [5.74, 6) is 0.784. The summed E-state index contributed by atoms with van der Waals surface area (Å²) in [6.07, 6.45) is 3.43. The van der Waals surface area contributed by atoms with Gasteiger partial charge in [-0.15, -0.1) is 0 Å². The Kier molecular flexibility index (Phi) is 4.35. The Bertz CT molecular complexity index is 279. The number of methoxy groups -OCH3 is 1. The van der Waals surface area contributed by atoms with Crippen molar-refractivity contribution in [2.75, 3.05) is 13.7 Å². The number of ether oxygens (including phenoxy) is 2. The van der Waals surface area contributed by atoms with Gasteiger partial charge in [0.05, 0.1) is 6.61 Å². The van der Waals surface area contributed by atoms with Gasteiger partial charge in [-0.2, -0.15) is 0 Å². The predicted molar refractivity (Wildman–Crippen MR) is 54.1 cm³/mol. The maximum absolute atomic E-state index is 5.63. The third-order valence-corrected chi connectivity index (χ3v) is 1.81. The van der Waals surface area contributed by atoms with E-state index in [1.54, 1.807) is 19.5 Å². The van der Waals surface area contributed by atoms with Gasteiger partial charge in [0.2, 0.25) is 0 Å². The molecule has 1 rings (SSSR count). The van der Waals surface area contributed by atoms with Crippen LogP contribution in [0.3, 0.4) is 0 Å². The molecule has 0 aliphatic carbocycles. The largest absolute Gasteiger partial charge is 0.488 e. The minimum atomic E-state index is 0.0210. The van der Waals surface area contributed by atoms with Gasteiger partial charge in [-0.1, -0.05) is 0 Å². The van der Waals surface area contributed by atoms with Gasteiger partial charge in [-0.05, 0) is 13.0 Å². The lowest BCUT2D eigenvalue weighted by atomic mass is 10.2. The van der Waals surface area contributed by atoms with Gasteiger partial charge in [-0.3, -0.25) is 4.98 Å². The van der Waals surface area contributed by atoms with Crippen molar-refractivity contribution in [3.05, 3.63) is 24.0 Å². The second-order valence-electron chi connectivity index (χ2n) is 3.07. The quantitative estimate of drug-likeness (QED) is 0.762. The van der Waals surface area contributed by atoms with Crippen LogP contribution in [0.2, 0.25) is 0 Å². The first kappa shape index (κ1) is 10.9. The topological polar surface area (TPSA) is 57.4 Å². The normalized spacial score (nSPS) is 12.5. The Balaban J connectivity index is 2.65. The van der Waals surface area contributed by atoms with Crippen LogP contribution < -0.4 is 10.5 Å². The zero-order valence-corrected chi connectivity index (χ0v) is 8.56. The van der Waals surface area contributed by atoms with Gasteiger partial charge in [0.25, 0.3) is 0 Å². The van der Waals surface area contributed by atoms with E-state index in [0.717, 1.165) is 11.3 Å². The van der Waals surface area contributed by atoms with Crippen LogP contribution in [-0.4, -0.2) is 24.8 Å². The predicted octanol–water partition coefficient (Wildman–Crippen LogP) is 0.954. The van der Waals surface area contributed by atoms with Crippen molar-refractivity contribution >= 4 is 0 Å². The standard InChI is InChI=1S/C10H16N2O2/c1-8(7-13-2)14-10-3-4-12-6-9(10)5-11/h3-4,6,8H,5,7,11H2,1-2H3. The monoisotopic (exact) mass is 196 g/mol. The molecule has 0 fully saturated rings. The highest BCUT2D eigenvalue weighted by Gasteiger charge is 2.06. The number of hydrogen-bond acceptors (Lipinski definition) is 4. The molecule has 1 aromatic heterocycles. The smallest absolute Gasteiger partial charge is 0.127 e. The molecule has 4 heteroatoms. The molecule has 0 aliphatic rings. The third kappa shape index (κ3) is 2.97. The highest BCUT2D eigenvalue weighted by atomic mass is 16.5. The lowest BCUT2D eigenvalue weighted by Gasteiger charge is -2.15. The van der Waals surface area contributed by atoms with Gasteiger partial charge >= 0.3 is 0 Å². The van der Waals surface area contributed by atoms with E-state index in [0.29, 0.717) is 13.2 Å². The first-order chi connectivity index (χ1) is 6.77. The van der Waals surface area contributed by atoms with Gasteiger partial charge in [0, 0.05) is 31.6 Å². The van der Waals surface area contributed by atoms with Crippen molar-refractivity contribution in [3.63, 3.8) is 0 Å². The number of hydrogen-bond donors (Lipinski definition) is 1. The van der Waals surface area contributed by atoms with Crippen molar-refractivity contribution in [1.82, 2.24) is 4.98 Å². The molecule has 0 saturated heterocycles. The summed E-state index contributed by atoms with van der Waals surface area (Å²) in [4.78, 5) is 3.98. The minimum Gasteiger partial charge on any atom is -0.488 e. The fourth-order valence-corrected chi connectivity index (χ4v) is 1.17. The molecule has 0 aliphatic heterocycles. The van der Waals surface area contributed by atoms with E-state index >= 15 is 0 Å². The van der Waals surface area contributed by atoms with Crippen molar-refractivity contribution in [2.45, 2.75) is 19.6 Å². The van der Waals surface area contributed by atoms with Gasteiger partial charge in [0.15, 0.2) is 0 Å². The zero-order chi connectivity index (χ0) is 10.4. The molecule has 1 aromatic rings. The van der Waals surface area contributed by atoms with Gasteiger partial charge in [-0.25, -0.2) is 0 Å². The summed E-state index contributed by atoms with van der Waals surface area (Å²) < 4.78 is 10.6. The molecule has 0 bridgehead atoms. The number of rotatable bonds is 5. The van der Waals surface area contributed by atoms with Gasteiger partial charge < -0.3 is 15.2 Å². The Morgan fingerprint density at radius 2 is 2.36 bits per heavy atom. The number of aromatic nitrogens is 1. The Labute approximate surface area is 84.0 Å². The third-order valence-electron chi connectivity index (χ3n) is 1.81. The van der Waals surface area contributed by atoms with Gasteiger partial charge in [0.1, 0.15) is 11.9 Å². The van der Waals surface area contributed by atoms with Crippen LogP contribution in [0, 0.1) is 0 Å². The summed E-state index contributed by atoms with van der Waals surface area (Å²) in [5, 5.41) is 0. The molecular weight excluding hydrogens is 180 g/mol. The van der Waals surface area contributed by atoms with E-state index in [1.807, 2.05) is 13.0 Å². The molecule has 14 heavy (non-hydrogen) atoms.